The molecule has 0 bridgehead atoms. The number of nitrogens with one attached hydrogen (secondary N) is 1. The van der Waals surface area contributed by atoms with E-state index >= 15 is 0 Å². The van der Waals surface area contributed by atoms with E-state index in [1.807, 2.05) is 0 Å². The van der Waals surface area contributed by atoms with Crippen molar-refractivity contribution in [2.75, 3.05) is 0 Å². The van der Waals surface area contributed by atoms with Crippen molar-refractivity contribution < 1.29 is 17.9 Å². The van der Waals surface area contributed by atoms with Gasteiger partial charge in [-0.3, -0.25) is 4.79 Å². The predicted octanol–water partition coefficient (Wildman–Crippen LogP) is 3.77. The second-order valence-corrected chi connectivity index (χ2v) is 4.78. The van der Waals surface area contributed by atoms with E-state index in [9.17, 15) is 18.0 Å². The molecular formula is C14H8ClF3N2O2. The number of rotatable bonds is 2. The van der Waals surface area contributed by atoms with Gasteiger partial charge >= 0.3 is 6.36 Å². The van der Waals surface area contributed by atoms with Gasteiger partial charge in [0, 0.05) is 11.3 Å². The van der Waals surface area contributed by atoms with Gasteiger partial charge in [0.1, 0.15) is 17.4 Å². The summed E-state index contributed by atoms with van der Waals surface area (Å²) in [4.78, 5) is 14.2. The molecule has 1 heterocycles. The summed E-state index contributed by atoms with van der Waals surface area (Å²) in [6, 6.07) is 6.83. The molecule has 0 aliphatic rings. The number of nitrogens with zero attached hydrogens (tertiary/aromatic N) is 1. The van der Waals surface area contributed by atoms with E-state index < -0.39 is 17.7 Å². The molecule has 1 N–H and O–H groups in total. The molecule has 0 saturated carbocycles. The van der Waals surface area contributed by atoms with Crippen LogP contribution in [0.3, 0.4) is 0 Å². The fourth-order valence-electron chi connectivity index (χ4n) is 1.90. The zero-order valence-electron chi connectivity index (χ0n) is 11.1. The lowest BCUT2D eigenvalue weighted by molar-refractivity contribution is -0.274. The van der Waals surface area contributed by atoms with Crippen molar-refractivity contribution >= 4 is 11.6 Å². The van der Waals surface area contributed by atoms with Crippen LogP contribution < -0.4 is 10.3 Å². The third-order valence-corrected chi connectivity index (χ3v) is 3.04. The Morgan fingerprint density at radius 1 is 1.32 bits per heavy atom. The standard InChI is InChI=1S/C14H8ClF3N2O2/c1-7-4-9(10(6-19)13(21)20-7)8-2-3-12(11(15)5-8)22-14(16,17)18/h2-5H,1H3,(H,20,21). The van der Waals surface area contributed by atoms with E-state index in [0.29, 0.717) is 11.3 Å². The highest BCUT2D eigenvalue weighted by Crippen LogP contribution is 2.34. The van der Waals surface area contributed by atoms with Gasteiger partial charge in [0.25, 0.3) is 5.56 Å². The van der Waals surface area contributed by atoms with Crippen molar-refractivity contribution in [3.63, 3.8) is 0 Å². The van der Waals surface area contributed by atoms with Crippen molar-refractivity contribution in [3.8, 4) is 22.9 Å². The fourth-order valence-corrected chi connectivity index (χ4v) is 2.12. The van der Waals surface area contributed by atoms with Crippen molar-refractivity contribution in [1.82, 2.24) is 4.98 Å². The van der Waals surface area contributed by atoms with Crippen LogP contribution in [0, 0.1) is 18.3 Å². The average Bonchev–Trinajstić information content (AvgIpc) is 2.39. The Balaban J connectivity index is 2.55. The minimum atomic E-state index is -4.86. The monoisotopic (exact) mass is 328 g/mol. The first-order valence-corrected chi connectivity index (χ1v) is 6.29. The topological polar surface area (TPSA) is 65.9 Å². The van der Waals surface area contributed by atoms with Crippen molar-refractivity contribution in [2.45, 2.75) is 13.3 Å². The number of hydrogen-bond donors (Lipinski definition) is 1. The SMILES string of the molecule is Cc1cc(-c2ccc(OC(F)(F)F)c(Cl)c2)c(C#N)c(=O)[nH]1. The second-order valence-electron chi connectivity index (χ2n) is 4.37. The van der Waals surface area contributed by atoms with Crippen LogP contribution in [0.25, 0.3) is 11.1 Å². The molecule has 0 amide bonds. The normalized spacial score (nSPS) is 11.1. The van der Waals surface area contributed by atoms with Gasteiger partial charge in [-0.05, 0) is 30.7 Å². The van der Waals surface area contributed by atoms with E-state index in [1.54, 1.807) is 13.0 Å². The zero-order valence-corrected chi connectivity index (χ0v) is 11.8. The smallest absolute Gasteiger partial charge is 0.404 e. The predicted molar refractivity (Wildman–Crippen MR) is 73.6 cm³/mol. The summed E-state index contributed by atoms with van der Waals surface area (Å²) in [5.41, 5.74) is 0.399. The zero-order chi connectivity index (χ0) is 16.5. The highest BCUT2D eigenvalue weighted by atomic mass is 35.5. The minimum Gasteiger partial charge on any atom is -0.404 e. The number of benzene rings is 1. The maximum atomic E-state index is 12.2. The summed E-state index contributed by atoms with van der Waals surface area (Å²) in [7, 11) is 0. The summed E-state index contributed by atoms with van der Waals surface area (Å²) >= 11 is 5.77. The van der Waals surface area contributed by atoms with Gasteiger partial charge in [-0.15, -0.1) is 13.2 Å². The summed E-state index contributed by atoms with van der Waals surface area (Å²) in [6.45, 7) is 1.62. The Morgan fingerprint density at radius 3 is 2.55 bits per heavy atom. The molecule has 4 nitrogen and oxygen atoms in total. The van der Waals surface area contributed by atoms with E-state index in [-0.39, 0.29) is 16.1 Å². The molecule has 0 spiro atoms. The average molecular weight is 329 g/mol. The number of aryl methyl sites for hydroxylation is 1. The number of ether oxygens (including phenoxy) is 1. The minimum absolute atomic E-state index is 0.147. The third kappa shape index (κ3) is 3.40. The molecule has 8 heteroatoms. The number of aromatic nitrogens is 1. The third-order valence-electron chi connectivity index (χ3n) is 2.75. The Hall–Kier alpha value is -2.46. The number of pyridine rings is 1. The molecule has 0 fully saturated rings. The molecule has 0 aliphatic heterocycles. The molecule has 1 aromatic heterocycles. The molecule has 0 saturated heterocycles. The van der Waals surface area contributed by atoms with Crippen LogP contribution >= 0.6 is 11.6 Å². The quantitative estimate of drug-likeness (QED) is 0.912. The molecule has 22 heavy (non-hydrogen) atoms. The fraction of sp³-hybridized carbons (Fsp3) is 0.143. The molecular weight excluding hydrogens is 321 g/mol. The first-order valence-electron chi connectivity index (χ1n) is 5.91. The molecule has 0 atom stereocenters. The summed E-state index contributed by atoms with van der Waals surface area (Å²) in [6.07, 6.45) is -4.86. The van der Waals surface area contributed by atoms with Crippen LogP contribution in [0.15, 0.2) is 29.1 Å². The van der Waals surface area contributed by atoms with Crippen LogP contribution in [-0.4, -0.2) is 11.3 Å². The van der Waals surface area contributed by atoms with Gasteiger partial charge in [0.05, 0.1) is 5.02 Å². The first kappa shape index (κ1) is 15.9. The number of aromatic amines is 1. The Morgan fingerprint density at radius 2 is 2.00 bits per heavy atom. The van der Waals surface area contributed by atoms with Gasteiger partial charge in [0.15, 0.2) is 0 Å². The number of halogens is 4. The maximum absolute atomic E-state index is 12.2. The Kier molecular flexibility index (Phi) is 4.15. The van der Waals surface area contributed by atoms with Crippen molar-refractivity contribution in [1.29, 1.82) is 5.26 Å². The Bertz CT molecular complexity index is 822. The van der Waals surface area contributed by atoms with Crippen LogP contribution in [0.1, 0.15) is 11.3 Å². The number of H-pyrrole nitrogens is 1. The van der Waals surface area contributed by atoms with Crippen LogP contribution in [0.5, 0.6) is 5.75 Å². The summed E-state index contributed by atoms with van der Waals surface area (Å²) in [5.74, 6) is -0.557. The van der Waals surface area contributed by atoms with E-state index in [0.717, 1.165) is 6.07 Å². The largest absolute Gasteiger partial charge is 0.573 e. The van der Waals surface area contributed by atoms with E-state index in [1.165, 1.54) is 18.2 Å². The van der Waals surface area contributed by atoms with Gasteiger partial charge < -0.3 is 9.72 Å². The first-order chi connectivity index (χ1) is 10.2. The number of alkyl halides is 3. The van der Waals surface area contributed by atoms with E-state index in [4.69, 9.17) is 16.9 Å². The highest BCUT2D eigenvalue weighted by Gasteiger charge is 2.32. The van der Waals surface area contributed by atoms with Gasteiger partial charge in [-0.25, -0.2) is 0 Å². The molecule has 0 unspecified atom stereocenters. The molecule has 1 aromatic carbocycles. The summed E-state index contributed by atoms with van der Waals surface area (Å²) < 4.78 is 40.4. The second kappa shape index (κ2) is 5.73. The van der Waals surface area contributed by atoms with Crippen LogP contribution in [-0.2, 0) is 0 Å². The lowest BCUT2D eigenvalue weighted by Crippen LogP contribution is -2.17. The Labute approximate surface area is 127 Å². The molecule has 2 aromatic rings. The lowest BCUT2D eigenvalue weighted by Gasteiger charge is -2.12. The van der Waals surface area contributed by atoms with Crippen molar-refractivity contribution in [3.05, 3.63) is 50.9 Å². The lowest BCUT2D eigenvalue weighted by atomic mass is 10.0. The highest BCUT2D eigenvalue weighted by molar-refractivity contribution is 6.32. The number of nitriles is 1. The maximum Gasteiger partial charge on any atom is 0.573 e. The number of hydrogen-bond acceptors (Lipinski definition) is 3. The van der Waals surface area contributed by atoms with Gasteiger partial charge in [-0.1, -0.05) is 17.7 Å². The molecule has 2 rings (SSSR count). The van der Waals surface area contributed by atoms with Gasteiger partial charge in [-0.2, -0.15) is 5.26 Å². The molecule has 0 aliphatic carbocycles. The van der Waals surface area contributed by atoms with Gasteiger partial charge in [0.2, 0.25) is 0 Å². The van der Waals surface area contributed by atoms with Crippen LogP contribution in [0.4, 0.5) is 13.2 Å². The van der Waals surface area contributed by atoms with Crippen molar-refractivity contribution in [2.24, 2.45) is 0 Å². The molecule has 114 valence electrons. The molecule has 0 radical (unpaired) electrons. The van der Waals surface area contributed by atoms with Crippen LogP contribution in [0.2, 0.25) is 5.02 Å². The van der Waals surface area contributed by atoms with E-state index in [2.05, 4.69) is 9.72 Å². The summed E-state index contributed by atoms with van der Waals surface area (Å²) in [5, 5.41) is 8.77.